The van der Waals surface area contributed by atoms with Crippen molar-refractivity contribution in [3.8, 4) is 0 Å². The summed E-state index contributed by atoms with van der Waals surface area (Å²) in [5.74, 6) is 1.10. The van der Waals surface area contributed by atoms with Gasteiger partial charge >= 0.3 is 0 Å². The number of nitrogens with one attached hydrogen (secondary N) is 1. The van der Waals surface area contributed by atoms with E-state index >= 15 is 0 Å². The summed E-state index contributed by atoms with van der Waals surface area (Å²) in [6.07, 6.45) is 3.60. The standard InChI is InChI=1S/C25H33FN4O2/c1-17(2)25(32)30-12-9-18(10-13-30)24-27-22(14-23(31)28-24)20-7-5-11-29(16-20)15-19-6-3-4-8-21(19)26/h3-4,6,8,14,17-18,20H,5,7,9-13,15-16H2,1-2H3,(H,27,28,31). The van der Waals surface area contributed by atoms with Gasteiger partial charge in [-0.3, -0.25) is 14.5 Å². The molecule has 0 radical (unpaired) electrons. The Hall–Kier alpha value is -2.54. The molecule has 0 spiro atoms. The number of benzene rings is 1. The zero-order chi connectivity index (χ0) is 22.7. The Morgan fingerprint density at radius 3 is 2.62 bits per heavy atom. The van der Waals surface area contributed by atoms with Crippen LogP contribution in [-0.2, 0) is 11.3 Å². The highest BCUT2D eigenvalue weighted by atomic mass is 19.1. The average Bonchev–Trinajstić information content (AvgIpc) is 2.80. The fourth-order valence-electron chi connectivity index (χ4n) is 4.94. The van der Waals surface area contributed by atoms with E-state index in [2.05, 4.69) is 9.88 Å². The third-order valence-corrected chi connectivity index (χ3v) is 6.74. The maximum absolute atomic E-state index is 14.1. The lowest BCUT2D eigenvalue weighted by Crippen LogP contribution is -2.40. The van der Waals surface area contributed by atoms with Crippen molar-refractivity contribution in [2.75, 3.05) is 26.2 Å². The first kappa shape index (κ1) is 22.6. The number of rotatable bonds is 5. The topological polar surface area (TPSA) is 69.3 Å². The quantitative estimate of drug-likeness (QED) is 0.771. The predicted octanol–water partition coefficient (Wildman–Crippen LogP) is 3.65. The number of piperidine rings is 2. The monoisotopic (exact) mass is 440 g/mol. The van der Waals surface area contributed by atoms with Gasteiger partial charge in [-0.05, 0) is 38.3 Å². The van der Waals surface area contributed by atoms with Gasteiger partial charge in [0, 0.05) is 55.6 Å². The minimum absolute atomic E-state index is 0.00594. The highest BCUT2D eigenvalue weighted by Crippen LogP contribution is 2.29. The van der Waals surface area contributed by atoms with Crippen LogP contribution < -0.4 is 5.56 Å². The molecule has 4 rings (SSSR count). The number of amides is 1. The minimum Gasteiger partial charge on any atom is -0.342 e. The van der Waals surface area contributed by atoms with E-state index in [-0.39, 0.29) is 35.0 Å². The van der Waals surface area contributed by atoms with E-state index in [9.17, 15) is 14.0 Å². The van der Waals surface area contributed by atoms with Crippen LogP contribution in [0.3, 0.4) is 0 Å². The molecule has 32 heavy (non-hydrogen) atoms. The van der Waals surface area contributed by atoms with E-state index in [0.717, 1.165) is 50.3 Å². The number of hydrogen-bond donors (Lipinski definition) is 1. The Morgan fingerprint density at radius 2 is 1.91 bits per heavy atom. The summed E-state index contributed by atoms with van der Waals surface area (Å²) in [6, 6.07) is 8.53. The predicted molar refractivity (Wildman–Crippen MR) is 122 cm³/mol. The van der Waals surface area contributed by atoms with Crippen LogP contribution in [0.4, 0.5) is 4.39 Å². The molecule has 2 aliphatic heterocycles. The molecule has 2 fully saturated rings. The smallest absolute Gasteiger partial charge is 0.251 e. The summed E-state index contributed by atoms with van der Waals surface area (Å²) in [6.45, 7) is 7.52. The van der Waals surface area contributed by atoms with Crippen LogP contribution in [0.25, 0.3) is 0 Å². The number of aromatic amines is 1. The molecular weight excluding hydrogens is 407 g/mol. The number of aromatic nitrogens is 2. The maximum atomic E-state index is 14.1. The number of hydrogen-bond acceptors (Lipinski definition) is 4. The van der Waals surface area contributed by atoms with Gasteiger partial charge in [-0.1, -0.05) is 32.0 Å². The van der Waals surface area contributed by atoms with Crippen molar-refractivity contribution in [3.05, 3.63) is 63.6 Å². The van der Waals surface area contributed by atoms with Crippen molar-refractivity contribution < 1.29 is 9.18 Å². The van der Waals surface area contributed by atoms with Crippen LogP contribution in [-0.4, -0.2) is 51.9 Å². The number of likely N-dealkylation sites (tertiary alicyclic amines) is 2. The van der Waals surface area contributed by atoms with E-state index in [1.807, 2.05) is 30.9 Å². The maximum Gasteiger partial charge on any atom is 0.251 e. The van der Waals surface area contributed by atoms with Crippen LogP contribution in [0.1, 0.15) is 68.4 Å². The molecule has 6 nitrogen and oxygen atoms in total. The molecule has 0 saturated carbocycles. The first-order valence-electron chi connectivity index (χ1n) is 11.8. The van der Waals surface area contributed by atoms with Crippen molar-refractivity contribution in [3.63, 3.8) is 0 Å². The van der Waals surface area contributed by atoms with Crippen molar-refractivity contribution in [1.29, 1.82) is 0 Å². The lowest BCUT2D eigenvalue weighted by atomic mass is 9.92. The molecule has 1 amide bonds. The molecule has 172 valence electrons. The van der Waals surface area contributed by atoms with Gasteiger partial charge in [0.15, 0.2) is 0 Å². The summed E-state index contributed by atoms with van der Waals surface area (Å²) in [7, 11) is 0. The Balaban J connectivity index is 1.44. The molecule has 1 unspecified atom stereocenters. The van der Waals surface area contributed by atoms with E-state index in [1.165, 1.54) is 6.07 Å². The molecule has 0 aliphatic carbocycles. The number of carbonyl (C=O) groups is 1. The molecular formula is C25H33FN4O2. The molecule has 1 N–H and O–H groups in total. The number of carbonyl (C=O) groups excluding carboxylic acids is 1. The van der Waals surface area contributed by atoms with E-state index in [4.69, 9.17) is 4.98 Å². The molecule has 2 aliphatic rings. The second-order valence-electron chi connectivity index (χ2n) is 9.48. The zero-order valence-electron chi connectivity index (χ0n) is 19.0. The largest absolute Gasteiger partial charge is 0.342 e. The van der Waals surface area contributed by atoms with Gasteiger partial charge < -0.3 is 9.88 Å². The van der Waals surface area contributed by atoms with Crippen LogP contribution in [0.2, 0.25) is 0 Å². The van der Waals surface area contributed by atoms with Crippen LogP contribution in [0.15, 0.2) is 35.1 Å². The summed E-state index contributed by atoms with van der Waals surface area (Å²) in [4.78, 5) is 36.7. The third kappa shape index (κ3) is 5.26. The first-order valence-corrected chi connectivity index (χ1v) is 11.8. The van der Waals surface area contributed by atoms with Gasteiger partial charge in [0.1, 0.15) is 11.6 Å². The number of halogens is 1. The van der Waals surface area contributed by atoms with E-state index in [0.29, 0.717) is 25.2 Å². The zero-order valence-corrected chi connectivity index (χ0v) is 19.0. The Labute approximate surface area is 188 Å². The third-order valence-electron chi connectivity index (χ3n) is 6.74. The van der Waals surface area contributed by atoms with Gasteiger partial charge in [-0.15, -0.1) is 0 Å². The van der Waals surface area contributed by atoms with Gasteiger partial charge in [0.25, 0.3) is 5.56 Å². The Kier molecular flexibility index (Phi) is 7.04. The number of H-pyrrole nitrogens is 1. The normalized spacial score (nSPS) is 20.6. The lowest BCUT2D eigenvalue weighted by molar-refractivity contribution is -0.135. The average molecular weight is 441 g/mol. The number of nitrogens with zero attached hydrogens (tertiary/aromatic N) is 3. The van der Waals surface area contributed by atoms with Crippen LogP contribution in [0.5, 0.6) is 0 Å². The second kappa shape index (κ2) is 9.94. The minimum atomic E-state index is -0.173. The van der Waals surface area contributed by atoms with Crippen LogP contribution >= 0.6 is 0 Å². The van der Waals surface area contributed by atoms with Gasteiger partial charge in [-0.25, -0.2) is 9.37 Å². The SMILES string of the molecule is CC(C)C(=O)N1CCC(c2nc(C3CCCN(Cc4ccccc4F)C3)cc(=O)[nH]2)CC1. The summed E-state index contributed by atoms with van der Waals surface area (Å²) >= 11 is 0. The summed E-state index contributed by atoms with van der Waals surface area (Å²) in [5.41, 5.74) is 1.43. The van der Waals surface area contributed by atoms with Gasteiger partial charge in [0.2, 0.25) is 5.91 Å². The highest BCUT2D eigenvalue weighted by Gasteiger charge is 2.28. The van der Waals surface area contributed by atoms with Crippen molar-refractivity contribution in [2.45, 2.75) is 57.9 Å². The lowest BCUT2D eigenvalue weighted by Gasteiger charge is -2.34. The summed E-state index contributed by atoms with van der Waals surface area (Å²) < 4.78 is 14.1. The molecule has 2 aromatic rings. The molecule has 2 saturated heterocycles. The van der Waals surface area contributed by atoms with Gasteiger partial charge in [-0.2, -0.15) is 0 Å². The van der Waals surface area contributed by atoms with E-state index in [1.54, 1.807) is 12.1 Å². The van der Waals surface area contributed by atoms with Crippen molar-refractivity contribution in [2.24, 2.45) is 5.92 Å². The molecule has 1 aromatic heterocycles. The second-order valence-corrected chi connectivity index (χ2v) is 9.48. The van der Waals surface area contributed by atoms with E-state index < -0.39 is 0 Å². The summed E-state index contributed by atoms with van der Waals surface area (Å²) in [5, 5.41) is 0. The molecule has 7 heteroatoms. The molecule has 1 aromatic carbocycles. The molecule has 0 bridgehead atoms. The first-order chi connectivity index (χ1) is 15.4. The van der Waals surface area contributed by atoms with Crippen LogP contribution in [0, 0.1) is 11.7 Å². The van der Waals surface area contributed by atoms with Crippen molar-refractivity contribution >= 4 is 5.91 Å². The Bertz CT molecular complexity index is 997. The highest BCUT2D eigenvalue weighted by molar-refractivity contribution is 5.78. The fourth-order valence-corrected chi connectivity index (χ4v) is 4.94. The van der Waals surface area contributed by atoms with Gasteiger partial charge in [0.05, 0.1) is 5.69 Å². The van der Waals surface area contributed by atoms with Crippen molar-refractivity contribution in [1.82, 2.24) is 19.8 Å². The fraction of sp³-hybridized carbons (Fsp3) is 0.560. The molecule has 1 atom stereocenters. The molecule has 3 heterocycles. The Morgan fingerprint density at radius 1 is 1.16 bits per heavy atom.